The van der Waals surface area contributed by atoms with E-state index in [1.807, 2.05) is 36.6 Å². The van der Waals surface area contributed by atoms with Crippen molar-refractivity contribution in [2.75, 3.05) is 13.7 Å². The lowest BCUT2D eigenvalue weighted by atomic mass is 9.98. The van der Waals surface area contributed by atoms with Crippen LogP contribution in [0.1, 0.15) is 32.3 Å². The average molecular weight is 363 g/mol. The van der Waals surface area contributed by atoms with Crippen LogP contribution < -0.4 is 0 Å². The first kappa shape index (κ1) is 21.0. The van der Waals surface area contributed by atoms with Crippen LogP contribution >= 0.6 is 0 Å². The predicted molar refractivity (Wildman–Crippen MR) is 86.9 cm³/mol. The van der Waals surface area contributed by atoms with Crippen molar-refractivity contribution in [1.29, 1.82) is 0 Å². The van der Waals surface area contributed by atoms with Crippen LogP contribution in [0.15, 0.2) is 30.3 Å². The second-order valence-electron chi connectivity index (χ2n) is 5.66. The molecule has 0 unspecified atom stereocenters. The van der Waals surface area contributed by atoms with E-state index in [2.05, 4.69) is 12.1 Å². The van der Waals surface area contributed by atoms with E-state index in [0.717, 1.165) is 24.3 Å². The van der Waals surface area contributed by atoms with Gasteiger partial charge < -0.3 is 26.7 Å². The number of nitrogens with zero attached hydrogens (tertiary/aromatic N) is 1. The van der Waals surface area contributed by atoms with Gasteiger partial charge in [0, 0.05) is 18.9 Å². The van der Waals surface area contributed by atoms with E-state index in [1.54, 1.807) is 0 Å². The number of halogens is 4. The molecule has 9 heteroatoms. The monoisotopic (exact) mass is 363 g/mol. The van der Waals surface area contributed by atoms with Crippen LogP contribution in [0.25, 0.3) is 0 Å². The highest BCUT2D eigenvalue weighted by molar-refractivity contribution is 6.50. The predicted octanol–water partition coefficient (Wildman–Crippen LogP) is 3.66. The summed E-state index contributed by atoms with van der Waals surface area (Å²) in [5.41, 5.74) is 0.511. The fourth-order valence-corrected chi connectivity index (χ4v) is 2.67. The molecule has 0 bridgehead atoms. The van der Waals surface area contributed by atoms with Crippen molar-refractivity contribution < 1.29 is 36.1 Å². The minimum absolute atomic E-state index is 0.205. The largest absolute Gasteiger partial charge is 0.673 e. The van der Waals surface area contributed by atoms with Crippen LogP contribution in [-0.2, 0) is 20.8 Å². The van der Waals surface area contributed by atoms with Gasteiger partial charge in [0.1, 0.15) is 0 Å². The third kappa shape index (κ3) is 6.40. The maximum Gasteiger partial charge on any atom is 0.673 e. The molecule has 25 heavy (non-hydrogen) atoms. The lowest BCUT2D eigenvalue weighted by molar-refractivity contribution is -0.604. The molecule has 0 amide bonds. The van der Waals surface area contributed by atoms with Crippen LogP contribution in [0.4, 0.5) is 17.3 Å². The van der Waals surface area contributed by atoms with E-state index in [9.17, 15) is 22.1 Å². The molecule has 0 N–H and O–H groups in total. The summed E-state index contributed by atoms with van der Waals surface area (Å²) in [6.07, 6.45) is 1.49. The van der Waals surface area contributed by atoms with Crippen LogP contribution in [-0.4, -0.2) is 43.0 Å². The number of ether oxygens (including phenoxy) is 2. The Kier molecular flexibility index (Phi) is 7.45. The minimum Gasteiger partial charge on any atom is -0.464 e. The summed E-state index contributed by atoms with van der Waals surface area (Å²) >= 11 is 0. The lowest BCUT2D eigenvalue weighted by Gasteiger charge is -2.19. The van der Waals surface area contributed by atoms with Crippen molar-refractivity contribution in [3.8, 4) is 0 Å². The summed E-state index contributed by atoms with van der Waals surface area (Å²) in [5, 5.41) is 0. The van der Waals surface area contributed by atoms with Gasteiger partial charge in [0.25, 0.3) is 5.54 Å². The molecular weight excluding hydrogens is 341 g/mol. The zero-order chi connectivity index (χ0) is 19.1. The number of hydrogen-bond donors (Lipinski definition) is 0. The Morgan fingerprint density at radius 3 is 2.28 bits per heavy atom. The van der Waals surface area contributed by atoms with E-state index >= 15 is 0 Å². The number of hydrogen-bond acceptors (Lipinski definition) is 3. The Labute approximate surface area is 144 Å². The number of esters is 1. The Morgan fingerprint density at radius 1 is 1.24 bits per heavy atom. The van der Waals surface area contributed by atoms with Gasteiger partial charge in [-0.1, -0.05) is 30.3 Å². The SMILES string of the molecule is CCOC1=[N+](Cc2ccccc2)[C@@](C)(C(=O)OC)CC1.F[B-](F)(F)F. The first-order valence-electron chi connectivity index (χ1n) is 7.87. The molecule has 0 radical (unpaired) electrons. The first-order chi connectivity index (χ1) is 11.6. The van der Waals surface area contributed by atoms with E-state index in [1.165, 1.54) is 7.11 Å². The standard InChI is InChI=1S/C16H22NO3.BF4/c1-4-20-14-10-11-16(2,15(18)19-3)17(14)12-13-8-6-5-7-9-13;2-1(3,4)5/h5-9H,4,10-12H2,1-3H3;/q+1;-1/t16-;/m1./s1. The van der Waals surface area contributed by atoms with E-state index < -0.39 is 12.8 Å². The summed E-state index contributed by atoms with van der Waals surface area (Å²) in [4.78, 5) is 12.2. The van der Waals surface area contributed by atoms with Gasteiger partial charge >= 0.3 is 19.1 Å². The minimum atomic E-state index is -6.00. The number of rotatable bonds is 4. The molecule has 0 spiro atoms. The van der Waals surface area contributed by atoms with Crippen LogP contribution in [0, 0.1) is 0 Å². The number of methoxy groups -OCH3 is 1. The zero-order valence-electron chi connectivity index (χ0n) is 14.5. The molecule has 4 nitrogen and oxygen atoms in total. The van der Waals surface area contributed by atoms with Gasteiger partial charge in [-0.25, -0.2) is 4.79 Å². The molecule has 0 fully saturated rings. The third-order valence-corrected chi connectivity index (χ3v) is 3.84. The number of benzene rings is 1. The summed E-state index contributed by atoms with van der Waals surface area (Å²) < 4.78 is 51.7. The highest BCUT2D eigenvalue weighted by atomic mass is 19.5. The fraction of sp³-hybridized carbons (Fsp3) is 0.500. The first-order valence-corrected chi connectivity index (χ1v) is 7.87. The van der Waals surface area contributed by atoms with Crippen molar-refractivity contribution in [3.63, 3.8) is 0 Å². The quantitative estimate of drug-likeness (QED) is 0.355. The maximum absolute atomic E-state index is 12.2. The van der Waals surface area contributed by atoms with Gasteiger partial charge in [-0.2, -0.15) is 4.58 Å². The molecule has 0 saturated carbocycles. The highest BCUT2D eigenvalue weighted by Crippen LogP contribution is 2.28. The van der Waals surface area contributed by atoms with Gasteiger partial charge in [0.15, 0.2) is 6.54 Å². The molecule has 140 valence electrons. The van der Waals surface area contributed by atoms with Gasteiger partial charge in [-0.15, -0.1) is 0 Å². The Balaban J connectivity index is 0.000000550. The molecule has 0 aliphatic carbocycles. The van der Waals surface area contributed by atoms with E-state index in [-0.39, 0.29) is 5.97 Å². The summed E-state index contributed by atoms with van der Waals surface area (Å²) in [6.45, 7) is 5.15. The average Bonchev–Trinajstić information content (AvgIpc) is 2.85. The van der Waals surface area contributed by atoms with Crippen molar-refractivity contribution in [3.05, 3.63) is 35.9 Å². The lowest BCUT2D eigenvalue weighted by Crippen LogP contribution is -2.45. The van der Waals surface area contributed by atoms with Crippen molar-refractivity contribution >= 4 is 19.1 Å². The Bertz CT molecular complexity index is 601. The second kappa shape index (κ2) is 8.87. The summed E-state index contributed by atoms with van der Waals surface area (Å²) in [5.74, 6) is 0.674. The van der Waals surface area contributed by atoms with Gasteiger partial charge in [0.2, 0.25) is 0 Å². The summed E-state index contributed by atoms with van der Waals surface area (Å²) in [7, 11) is -4.56. The van der Waals surface area contributed by atoms with Gasteiger partial charge in [-0.3, -0.25) is 0 Å². The molecule has 1 aromatic rings. The zero-order valence-corrected chi connectivity index (χ0v) is 14.5. The maximum atomic E-state index is 12.2. The smallest absolute Gasteiger partial charge is 0.464 e. The summed E-state index contributed by atoms with van der Waals surface area (Å²) in [6, 6.07) is 10.1. The Hall–Kier alpha value is -2.06. The number of carbonyl (C=O) groups is 1. The van der Waals surface area contributed by atoms with E-state index in [0.29, 0.717) is 13.2 Å². The second-order valence-corrected chi connectivity index (χ2v) is 5.66. The van der Waals surface area contributed by atoms with Crippen LogP contribution in [0.5, 0.6) is 0 Å². The molecule has 1 aromatic carbocycles. The molecule has 1 aliphatic heterocycles. The van der Waals surface area contributed by atoms with Crippen LogP contribution in [0.2, 0.25) is 0 Å². The molecule has 0 saturated heterocycles. The normalized spacial score (nSPS) is 20.0. The van der Waals surface area contributed by atoms with Crippen molar-refractivity contribution in [2.45, 2.75) is 38.8 Å². The Morgan fingerprint density at radius 2 is 1.80 bits per heavy atom. The molecule has 0 aromatic heterocycles. The molecule has 2 rings (SSSR count). The van der Waals surface area contributed by atoms with E-state index in [4.69, 9.17) is 9.47 Å². The topological polar surface area (TPSA) is 38.5 Å². The fourth-order valence-electron chi connectivity index (χ4n) is 2.67. The van der Waals surface area contributed by atoms with Gasteiger partial charge in [-0.05, 0) is 6.92 Å². The molecular formula is C16H22BF4NO3. The highest BCUT2D eigenvalue weighted by Gasteiger charge is 2.52. The molecule has 1 heterocycles. The molecule has 1 atom stereocenters. The molecule has 1 aliphatic rings. The van der Waals surface area contributed by atoms with Crippen LogP contribution in [0.3, 0.4) is 0 Å². The van der Waals surface area contributed by atoms with Crippen molar-refractivity contribution in [2.24, 2.45) is 0 Å². The third-order valence-electron chi connectivity index (χ3n) is 3.84. The number of carbonyl (C=O) groups excluding carboxylic acids is 1. The van der Waals surface area contributed by atoms with Crippen molar-refractivity contribution in [1.82, 2.24) is 0 Å². The van der Waals surface area contributed by atoms with Gasteiger partial charge in [0.05, 0.1) is 20.1 Å².